The van der Waals surface area contributed by atoms with E-state index >= 15 is 0 Å². The molecule has 0 aliphatic rings. The molecule has 2 rings (SSSR count). The highest BCUT2D eigenvalue weighted by Gasteiger charge is 2.08. The minimum absolute atomic E-state index is 0.349. The topological polar surface area (TPSA) is 44.4 Å². The van der Waals surface area contributed by atoms with Gasteiger partial charge in [0.2, 0.25) is 0 Å². The van der Waals surface area contributed by atoms with Gasteiger partial charge < -0.3 is 10.6 Å². The molecule has 0 bridgehead atoms. The summed E-state index contributed by atoms with van der Waals surface area (Å²) in [5.74, 6) is -0.377. The van der Waals surface area contributed by atoms with E-state index in [1.54, 1.807) is 12.1 Å². The van der Waals surface area contributed by atoms with Gasteiger partial charge in [-0.05, 0) is 42.4 Å². The Kier molecular flexibility index (Phi) is 6.75. The van der Waals surface area contributed by atoms with Gasteiger partial charge in [-0.25, -0.2) is 9.18 Å². The Morgan fingerprint density at radius 3 is 2.42 bits per heavy atom. The van der Waals surface area contributed by atoms with Gasteiger partial charge in [0.05, 0.1) is 0 Å². The lowest BCUT2D eigenvalue weighted by atomic mass is 10.1. The summed E-state index contributed by atoms with van der Waals surface area (Å²) in [6.45, 7) is 7.53. The van der Waals surface area contributed by atoms with Crippen molar-refractivity contribution in [2.24, 2.45) is 0 Å². The van der Waals surface area contributed by atoms with Crippen LogP contribution in [0.3, 0.4) is 0 Å². The van der Waals surface area contributed by atoms with E-state index in [9.17, 15) is 9.18 Å². The van der Waals surface area contributed by atoms with E-state index in [0.29, 0.717) is 12.2 Å². The number of halogens is 1. The largest absolute Gasteiger partial charge is 0.334 e. The summed E-state index contributed by atoms with van der Waals surface area (Å²) >= 11 is 0. The molecule has 0 unspecified atom stereocenters. The van der Waals surface area contributed by atoms with Crippen LogP contribution in [-0.2, 0) is 13.1 Å². The molecule has 0 radical (unpaired) electrons. The maximum absolute atomic E-state index is 13.1. The average molecular weight is 329 g/mol. The van der Waals surface area contributed by atoms with Gasteiger partial charge in [-0.15, -0.1) is 0 Å². The summed E-state index contributed by atoms with van der Waals surface area (Å²) < 4.78 is 13.1. The molecule has 2 aromatic carbocycles. The first-order valence-corrected chi connectivity index (χ1v) is 8.22. The Hall–Kier alpha value is -2.40. The van der Waals surface area contributed by atoms with E-state index in [2.05, 4.69) is 35.4 Å². The SMILES string of the molecule is CCN(CC)Cc1ccccc1CNC(=O)Nc1cccc(F)c1. The standard InChI is InChI=1S/C19H24FN3O/c1-3-23(4-2)14-16-9-6-5-8-15(16)13-21-19(24)22-18-11-7-10-17(20)12-18/h5-12H,3-4,13-14H2,1-2H3,(H2,21,22,24). The van der Waals surface area contributed by atoms with Crippen molar-refractivity contribution in [2.75, 3.05) is 18.4 Å². The van der Waals surface area contributed by atoms with Crippen LogP contribution in [0.2, 0.25) is 0 Å². The van der Waals surface area contributed by atoms with Crippen LogP contribution in [-0.4, -0.2) is 24.0 Å². The van der Waals surface area contributed by atoms with Crippen molar-refractivity contribution in [2.45, 2.75) is 26.9 Å². The maximum atomic E-state index is 13.1. The number of nitrogens with one attached hydrogen (secondary N) is 2. The second-order valence-electron chi connectivity index (χ2n) is 5.55. The number of amides is 2. The van der Waals surface area contributed by atoms with Gasteiger partial charge in [0.15, 0.2) is 0 Å². The molecule has 0 spiro atoms. The number of carbonyl (C=O) groups excluding carboxylic acids is 1. The fourth-order valence-electron chi connectivity index (χ4n) is 2.49. The molecule has 0 saturated heterocycles. The highest BCUT2D eigenvalue weighted by molar-refractivity contribution is 5.89. The average Bonchev–Trinajstić information content (AvgIpc) is 2.58. The Labute approximate surface area is 142 Å². The Bertz CT molecular complexity index is 671. The van der Waals surface area contributed by atoms with Crippen LogP contribution < -0.4 is 10.6 Å². The predicted molar refractivity (Wildman–Crippen MR) is 95.3 cm³/mol. The minimum Gasteiger partial charge on any atom is -0.334 e. The zero-order chi connectivity index (χ0) is 17.4. The first-order chi connectivity index (χ1) is 11.6. The summed E-state index contributed by atoms with van der Waals surface area (Å²) in [6, 6.07) is 13.6. The van der Waals surface area contributed by atoms with Crippen molar-refractivity contribution < 1.29 is 9.18 Å². The molecule has 5 heteroatoms. The van der Waals surface area contributed by atoms with Crippen LogP contribution in [0.1, 0.15) is 25.0 Å². The molecular weight excluding hydrogens is 305 g/mol. The molecule has 0 atom stereocenters. The number of benzene rings is 2. The Morgan fingerprint density at radius 2 is 1.75 bits per heavy atom. The minimum atomic E-state index is -0.377. The van der Waals surface area contributed by atoms with Crippen LogP contribution in [0.25, 0.3) is 0 Å². The zero-order valence-electron chi connectivity index (χ0n) is 14.2. The van der Waals surface area contributed by atoms with Crippen LogP contribution in [0, 0.1) is 5.82 Å². The van der Waals surface area contributed by atoms with Crippen LogP contribution >= 0.6 is 0 Å². The van der Waals surface area contributed by atoms with Crippen molar-refractivity contribution in [3.05, 3.63) is 65.5 Å². The van der Waals surface area contributed by atoms with Gasteiger partial charge in [0, 0.05) is 18.8 Å². The fourth-order valence-corrected chi connectivity index (χ4v) is 2.49. The summed E-state index contributed by atoms with van der Waals surface area (Å²) in [5, 5.41) is 5.46. The van der Waals surface area contributed by atoms with E-state index < -0.39 is 0 Å². The third-order valence-corrected chi connectivity index (χ3v) is 3.93. The normalized spacial score (nSPS) is 10.7. The van der Waals surface area contributed by atoms with Gasteiger partial charge in [0.1, 0.15) is 5.82 Å². The molecule has 0 aliphatic heterocycles. The molecule has 2 amide bonds. The molecule has 128 valence electrons. The number of carbonyl (C=O) groups is 1. The number of nitrogens with zero attached hydrogens (tertiary/aromatic N) is 1. The monoisotopic (exact) mass is 329 g/mol. The first kappa shape index (κ1) is 17.9. The molecule has 2 aromatic rings. The summed E-state index contributed by atoms with van der Waals surface area (Å²) in [7, 11) is 0. The van der Waals surface area contributed by atoms with Crippen molar-refractivity contribution in [3.8, 4) is 0 Å². The van der Waals surface area contributed by atoms with Crippen LogP contribution in [0.5, 0.6) is 0 Å². The quantitative estimate of drug-likeness (QED) is 0.807. The van der Waals surface area contributed by atoms with E-state index in [0.717, 1.165) is 25.2 Å². The van der Waals surface area contributed by atoms with E-state index in [-0.39, 0.29) is 11.8 Å². The maximum Gasteiger partial charge on any atom is 0.319 e. The lowest BCUT2D eigenvalue weighted by Crippen LogP contribution is -2.29. The molecular formula is C19H24FN3O. The molecule has 0 heterocycles. The lowest BCUT2D eigenvalue weighted by molar-refractivity contribution is 0.251. The van der Waals surface area contributed by atoms with Gasteiger partial charge in [-0.2, -0.15) is 0 Å². The van der Waals surface area contributed by atoms with Crippen molar-refractivity contribution in [3.63, 3.8) is 0 Å². The number of anilines is 1. The number of urea groups is 1. The van der Waals surface area contributed by atoms with Crippen molar-refractivity contribution in [1.82, 2.24) is 10.2 Å². The summed E-state index contributed by atoms with van der Waals surface area (Å²) in [5.41, 5.74) is 2.72. The van der Waals surface area contributed by atoms with Crippen LogP contribution in [0.4, 0.5) is 14.9 Å². The number of hydrogen-bond acceptors (Lipinski definition) is 2. The van der Waals surface area contributed by atoms with Gasteiger partial charge in [-0.3, -0.25) is 4.90 Å². The molecule has 0 fully saturated rings. The molecule has 4 nitrogen and oxygen atoms in total. The summed E-state index contributed by atoms with van der Waals surface area (Å²) in [4.78, 5) is 14.3. The highest BCUT2D eigenvalue weighted by atomic mass is 19.1. The van der Waals surface area contributed by atoms with Gasteiger partial charge in [0.25, 0.3) is 0 Å². The van der Waals surface area contributed by atoms with E-state index in [1.807, 2.05) is 18.2 Å². The molecule has 0 aromatic heterocycles. The second kappa shape index (κ2) is 9.03. The van der Waals surface area contributed by atoms with Gasteiger partial charge in [-0.1, -0.05) is 44.2 Å². The van der Waals surface area contributed by atoms with E-state index in [4.69, 9.17) is 0 Å². The van der Waals surface area contributed by atoms with E-state index in [1.165, 1.54) is 17.7 Å². The first-order valence-electron chi connectivity index (χ1n) is 8.22. The molecule has 24 heavy (non-hydrogen) atoms. The fraction of sp³-hybridized carbons (Fsp3) is 0.316. The van der Waals surface area contributed by atoms with Gasteiger partial charge >= 0.3 is 6.03 Å². The van der Waals surface area contributed by atoms with Crippen molar-refractivity contribution >= 4 is 11.7 Å². The lowest BCUT2D eigenvalue weighted by Gasteiger charge is -2.20. The van der Waals surface area contributed by atoms with Crippen molar-refractivity contribution in [1.29, 1.82) is 0 Å². The Balaban J connectivity index is 1.95. The summed E-state index contributed by atoms with van der Waals surface area (Å²) in [6.07, 6.45) is 0. The third kappa shape index (κ3) is 5.35. The Morgan fingerprint density at radius 1 is 1.04 bits per heavy atom. The third-order valence-electron chi connectivity index (χ3n) is 3.93. The number of hydrogen-bond donors (Lipinski definition) is 2. The molecule has 2 N–H and O–H groups in total. The second-order valence-corrected chi connectivity index (χ2v) is 5.55. The van der Waals surface area contributed by atoms with Crippen LogP contribution in [0.15, 0.2) is 48.5 Å². The smallest absolute Gasteiger partial charge is 0.319 e. The molecule has 0 aliphatic carbocycles. The molecule has 0 saturated carbocycles. The highest BCUT2D eigenvalue weighted by Crippen LogP contribution is 2.12. The number of rotatable bonds is 7. The zero-order valence-corrected chi connectivity index (χ0v) is 14.2. The predicted octanol–water partition coefficient (Wildman–Crippen LogP) is 3.99.